The second kappa shape index (κ2) is 5.68. The molecule has 0 aliphatic carbocycles. The highest BCUT2D eigenvalue weighted by Crippen LogP contribution is 2.12. The maximum absolute atomic E-state index is 11.8. The van der Waals surface area contributed by atoms with E-state index in [9.17, 15) is 9.90 Å². The minimum atomic E-state index is -0.355. The molecule has 94 valence electrons. The molecule has 4 heteroatoms. The zero-order chi connectivity index (χ0) is 12.9. The molecule has 1 amide bonds. The number of hydrogen-bond acceptors (Lipinski definition) is 3. The van der Waals surface area contributed by atoms with Crippen molar-refractivity contribution in [3.63, 3.8) is 0 Å². The Morgan fingerprint density at radius 3 is 2.59 bits per heavy atom. The molecule has 0 aliphatic rings. The summed E-state index contributed by atoms with van der Waals surface area (Å²) in [7, 11) is 0. The van der Waals surface area contributed by atoms with Gasteiger partial charge in [-0.05, 0) is 31.0 Å². The van der Waals surface area contributed by atoms with Crippen LogP contribution >= 0.6 is 0 Å². The molecule has 0 unspecified atom stereocenters. The first-order valence-electron chi connectivity index (χ1n) is 5.87. The summed E-state index contributed by atoms with van der Waals surface area (Å²) in [6.07, 6.45) is 1.62. The molecule has 17 heavy (non-hydrogen) atoms. The molecule has 0 fully saturated rings. The van der Waals surface area contributed by atoms with E-state index in [0.29, 0.717) is 12.1 Å². The number of carbonyl (C=O) groups is 1. The summed E-state index contributed by atoms with van der Waals surface area (Å²) in [6, 6.07) is 6.26. The summed E-state index contributed by atoms with van der Waals surface area (Å²) in [5.74, 6) is -0.125. The second-order valence-corrected chi connectivity index (χ2v) is 4.30. The van der Waals surface area contributed by atoms with E-state index in [1.807, 2.05) is 13.8 Å². The quantitative estimate of drug-likeness (QED) is 0.727. The van der Waals surface area contributed by atoms with Crippen molar-refractivity contribution < 1.29 is 9.90 Å². The molecular formula is C13H20N2O2. The van der Waals surface area contributed by atoms with Crippen molar-refractivity contribution in [3.8, 4) is 5.75 Å². The van der Waals surface area contributed by atoms with Gasteiger partial charge in [0.05, 0.1) is 0 Å². The minimum Gasteiger partial charge on any atom is -0.508 e. The summed E-state index contributed by atoms with van der Waals surface area (Å²) >= 11 is 0. The fraction of sp³-hybridized carbons (Fsp3) is 0.462. The molecule has 0 bridgehead atoms. The van der Waals surface area contributed by atoms with Crippen LogP contribution in [0.5, 0.6) is 5.75 Å². The largest absolute Gasteiger partial charge is 0.508 e. The number of benzene rings is 1. The lowest BCUT2D eigenvalue weighted by atomic mass is 9.94. The van der Waals surface area contributed by atoms with Gasteiger partial charge in [-0.25, -0.2) is 0 Å². The van der Waals surface area contributed by atoms with E-state index in [1.54, 1.807) is 12.1 Å². The first-order chi connectivity index (χ1) is 8.00. The smallest absolute Gasteiger partial charge is 0.251 e. The average Bonchev–Trinajstić information content (AvgIpc) is 2.35. The van der Waals surface area contributed by atoms with Gasteiger partial charge in [-0.15, -0.1) is 0 Å². The third-order valence-electron chi connectivity index (χ3n) is 3.12. The average molecular weight is 236 g/mol. The monoisotopic (exact) mass is 236 g/mol. The van der Waals surface area contributed by atoms with Gasteiger partial charge in [0.2, 0.25) is 0 Å². The van der Waals surface area contributed by atoms with Gasteiger partial charge >= 0.3 is 0 Å². The molecule has 0 heterocycles. The van der Waals surface area contributed by atoms with E-state index in [4.69, 9.17) is 5.73 Å². The van der Waals surface area contributed by atoms with Crippen molar-refractivity contribution in [1.82, 2.24) is 5.32 Å². The molecule has 0 saturated carbocycles. The van der Waals surface area contributed by atoms with Crippen molar-refractivity contribution in [2.24, 2.45) is 5.73 Å². The maximum Gasteiger partial charge on any atom is 0.251 e. The summed E-state index contributed by atoms with van der Waals surface area (Å²) in [4.78, 5) is 11.8. The molecule has 1 aromatic rings. The zero-order valence-electron chi connectivity index (χ0n) is 10.4. The van der Waals surface area contributed by atoms with Gasteiger partial charge < -0.3 is 16.2 Å². The molecule has 1 rings (SSSR count). The normalized spacial score (nSPS) is 11.2. The fourth-order valence-electron chi connectivity index (χ4n) is 1.51. The lowest BCUT2D eigenvalue weighted by molar-refractivity contribution is 0.0942. The number of nitrogens with two attached hydrogens (primary N) is 1. The molecule has 1 aromatic carbocycles. The van der Waals surface area contributed by atoms with E-state index in [-0.39, 0.29) is 17.2 Å². The Balaban J connectivity index is 2.62. The van der Waals surface area contributed by atoms with Crippen molar-refractivity contribution in [2.75, 3.05) is 6.54 Å². The maximum atomic E-state index is 11.8. The zero-order valence-corrected chi connectivity index (χ0v) is 10.4. The highest BCUT2D eigenvalue weighted by Gasteiger charge is 2.21. The van der Waals surface area contributed by atoms with Crippen LogP contribution in [0.1, 0.15) is 37.0 Å². The number of phenols is 1. The Morgan fingerprint density at radius 1 is 1.41 bits per heavy atom. The van der Waals surface area contributed by atoms with E-state index >= 15 is 0 Å². The third-order valence-corrected chi connectivity index (χ3v) is 3.12. The van der Waals surface area contributed by atoms with E-state index in [1.165, 1.54) is 12.1 Å². The standard InChI is InChI=1S/C13H20N2O2/c1-3-13(14,4-2)9-15-12(17)10-6-5-7-11(16)8-10/h5-8,16H,3-4,9,14H2,1-2H3,(H,15,17). The van der Waals surface area contributed by atoms with E-state index < -0.39 is 0 Å². The summed E-state index contributed by atoms with van der Waals surface area (Å²) in [5.41, 5.74) is 6.18. The summed E-state index contributed by atoms with van der Waals surface area (Å²) in [5, 5.41) is 12.1. The van der Waals surface area contributed by atoms with Gasteiger partial charge in [-0.2, -0.15) is 0 Å². The molecule has 0 aliphatic heterocycles. The Bertz CT molecular complexity index is 387. The van der Waals surface area contributed by atoms with Gasteiger partial charge in [-0.1, -0.05) is 19.9 Å². The van der Waals surface area contributed by atoms with Crippen molar-refractivity contribution in [2.45, 2.75) is 32.2 Å². The van der Waals surface area contributed by atoms with Gasteiger partial charge in [0.25, 0.3) is 5.91 Å². The van der Waals surface area contributed by atoms with Crippen LogP contribution < -0.4 is 11.1 Å². The van der Waals surface area contributed by atoms with Gasteiger partial charge in [0, 0.05) is 17.6 Å². The number of rotatable bonds is 5. The number of nitrogens with one attached hydrogen (secondary N) is 1. The fourth-order valence-corrected chi connectivity index (χ4v) is 1.51. The molecule has 0 spiro atoms. The topological polar surface area (TPSA) is 75.3 Å². The number of aromatic hydroxyl groups is 1. The van der Waals surface area contributed by atoms with E-state index in [2.05, 4.69) is 5.32 Å². The highest BCUT2D eigenvalue weighted by atomic mass is 16.3. The van der Waals surface area contributed by atoms with E-state index in [0.717, 1.165) is 12.8 Å². The minimum absolute atomic E-state index is 0.0858. The first kappa shape index (κ1) is 13.5. The first-order valence-corrected chi connectivity index (χ1v) is 5.87. The summed E-state index contributed by atoms with van der Waals surface area (Å²) in [6.45, 7) is 4.45. The molecule has 0 radical (unpaired) electrons. The molecular weight excluding hydrogens is 216 g/mol. The summed E-state index contributed by atoms with van der Waals surface area (Å²) < 4.78 is 0. The third kappa shape index (κ3) is 3.75. The second-order valence-electron chi connectivity index (χ2n) is 4.30. The van der Waals surface area contributed by atoms with Crippen LogP contribution in [-0.2, 0) is 0 Å². The lowest BCUT2D eigenvalue weighted by Crippen LogP contribution is -2.49. The lowest BCUT2D eigenvalue weighted by Gasteiger charge is -2.26. The number of carbonyl (C=O) groups excluding carboxylic acids is 1. The van der Waals surface area contributed by atoms with Crippen molar-refractivity contribution >= 4 is 5.91 Å². The Kier molecular flexibility index (Phi) is 4.52. The molecule has 4 nitrogen and oxygen atoms in total. The molecule has 0 aromatic heterocycles. The van der Waals surface area contributed by atoms with Gasteiger partial charge in [0.15, 0.2) is 0 Å². The van der Waals surface area contributed by atoms with Crippen molar-refractivity contribution in [3.05, 3.63) is 29.8 Å². The Morgan fingerprint density at radius 2 is 2.06 bits per heavy atom. The van der Waals surface area contributed by atoms with Gasteiger partial charge in [-0.3, -0.25) is 4.79 Å². The predicted octanol–water partition coefficient (Wildman–Crippen LogP) is 1.64. The number of phenolic OH excluding ortho intramolecular Hbond substituents is 1. The highest BCUT2D eigenvalue weighted by molar-refractivity contribution is 5.94. The Labute approximate surface area is 102 Å². The SMILES string of the molecule is CCC(N)(CC)CNC(=O)c1cccc(O)c1. The predicted molar refractivity (Wildman–Crippen MR) is 67.9 cm³/mol. The number of amides is 1. The molecule has 4 N–H and O–H groups in total. The van der Waals surface area contributed by atoms with Gasteiger partial charge in [0.1, 0.15) is 5.75 Å². The van der Waals surface area contributed by atoms with Crippen LogP contribution in [0.3, 0.4) is 0 Å². The number of hydrogen-bond donors (Lipinski definition) is 3. The van der Waals surface area contributed by atoms with Crippen LogP contribution in [0, 0.1) is 0 Å². The molecule has 0 saturated heterocycles. The molecule has 0 atom stereocenters. The van der Waals surface area contributed by atoms with Crippen LogP contribution in [0.25, 0.3) is 0 Å². The Hall–Kier alpha value is -1.55. The van der Waals surface area contributed by atoms with Crippen LogP contribution in [-0.4, -0.2) is 23.1 Å². The van der Waals surface area contributed by atoms with Crippen LogP contribution in [0.2, 0.25) is 0 Å². The van der Waals surface area contributed by atoms with Crippen LogP contribution in [0.15, 0.2) is 24.3 Å². The van der Waals surface area contributed by atoms with Crippen LogP contribution in [0.4, 0.5) is 0 Å². The van der Waals surface area contributed by atoms with Crippen molar-refractivity contribution in [1.29, 1.82) is 0 Å².